The third kappa shape index (κ3) is 3.00. The maximum absolute atomic E-state index is 13.4. The van der Waals surface area contributed by atoms with Crippen molar-refractivity contribution in [3.05, 3.63) is 60.3 Å². The minimum atomic E-state index is -0.670. The van der Waals surface area contributed by atoms with Crippen molar-refractivity contribution in [2.75, 3.05) is 18.6 Å². The van der Waals surface area contributed by atoms with Crippen LogP contribution in [-0.2, 0) is 10.2 Å². The quantitative estimate of drug-likeness (QED) is 0.745. The molecule has 2 aromatic carbocycles. The fourth-order valence-electron chi connectivity index (χ4n) is 3.25. The zero-order valence-electron chi connectivity index (χ0n) is 15.2. The van der Waals surface area contributed by atoms with Crippen LogP contribution in [0, 0.1) is 0 Å². The molecule has 1 N–H and O–H groups in total. The van der Waals surface area contributed by atoms with Crippen LogP contribution in [0.15, 0.2) is 54.7 Å². The van der Waals surface area contributed by atoms with Crippen LogP contribution in [0.2, 0.25) is 0 Å². The van der Waals surface area contributed by atoms with Crippen LogP contribution in [0.25, 0.3) is 10.9 Å². The van der Waals surface area contributed by atoms with Crippen molar-refractivity contribution in [1.29, 1.82) is 0 Å². The summed E-state index contributed by atoms with van der Waals surface area (Å²) >= 11 is 0. The molecule has 25 heavy (non-hydrogen) atoms. The van der Waals surface area contributed by atoms with E-state index >= 15 is 0 Å². The normalized spacial score (nSPS) is 11.5. The molecule has 0 unspecified atom stereocenters. The summed E-state index contributed by atoms with van der Waals surface area (Å²) in [5.41, 5.74) is 2.22. The zero-order chi connectivity index (χ0) is 18.0. The number of carbonyl (C=O) groups is 1. The van der Waals surface area contributed by atoms with Crippen LogP contribution in [0.3, 0.4) is 0 Å². The lowest BCUT2D eigenvalue weighted by molar-refractivity contribution is -0.122. The number of anilines is 1. The van der Waals surface area contributed by atoms with Crippen molar-refractivity contribution in [2.24, 2.45) is 0 Å². The van der Waals surface area contributed by atoms with Gasteiger partial charge in [0.25, 0.3) is 0 Å². The molecule has 3 rings (SSSR count). The fraction of sp³-hybridized carbons (Fsp3) is 0.286. The smallest absolute Gasteiger partial charge is 0.237 e. The summed E-state index contributed by atoms with van der Waals surface area (Å²) in [7, 11) is 1.65. The number of ether oxygens (including phenoxy) is 1. The SMILES string of the molecule is CCN(C(=O)C(C)(C)c1c[nH]c2ccc(OC)cc12)c1ccccc1. The highest BCUT2D eigenvalue weighted by Crippen LogP contribution is 2.35. The van der Waals surface area contributed by atoms with Crippen molar-refractivity contribution in [1.82, 2.24) is 4.98 Å². The molecule has 0 saturated carbocycles. The molecule has 0 bridgehead atoms. The van der Waals surface area contributed by atoms with Gasteiger partial charge in [-0.3, -0.25) is 4.79 Å². The molecular formula is C21H24N2O2. The number of carbonyl (C=O) groups excluding carboxylic acids is 1. The number of para-hydroxylation sites is 1. The summed E-state index contributed by atoms with van der Waals surface area (Å²) in [5, 5.41) is 1.02. The number of nitrogens with one attached hydrogen (secondary N) is 1. The second kappa shape index (κ2) is 6.63. The van der Waals surface area contributed by atoms with E-state index in [2.05, 4.69) is 4.98 Å². The van der Waals surface area contributed by atoms with Gasteiger partial charge in [0, 0.05) is 29.3 Å². The van der Waals surface area contributed by atoms with Gasteiger partial charge in [-0.15, -0.1) is 0 Å². The Hall–Kier alpha value is -2.75. The number of methoxy groups -OCH3 is 1. The molecule has 1 heterocycles. The van der Waals surface area contributed by atoms with E-state index < -0.39 is 5.41 Å². The van der Waals surface area contributed by atoms with Gasteiger partial charge in [-0.2, -0.15) is 0 Å². The molecule has 0 radical (unpaired) electrons. The number of likely N-dealkylation sites (N-methyl/N-ethyl adjacent to an activating group) is 1. The molecule has 0 aliphatic rings. The van der Waals surface area contributed by atoms with Crippen molar-refractivity contribution < 1.29 is 9.53 Å². The molecule has 3 aromatic rings. The molecule has 4 nitrogen and oxygen atoms in total. The number of rotatable bonds is 5. The maximum Gasteiger partial charge on any atom is 0.237 e. The van der Waals surface area contributed by atoms with Crippen LogP contribution in [0.5, 0.6) is 5.75 Å². The molecule has 0 saturated heterocycles. The highest BCUT2D eigenvalue weighted by atomic mass is 16.5. The lowest BCUT2D eigenvalue weighted by atomic mass is 9.82. The number of benzene rings is 2. The number of aromatic amines is 1. The van der Waals surface area contributed by atoms with Gasteiger partial charge in [0.05, 0.1) is 12.5 Å². The van der Waals surface area contributed by atoms with Crippen LogP contribution in [0.4, 0.5) is 5.69 Å². The highest BCUT2D eigenvalue weighted by Gasteiger charge is 2.35. The van der Waals surface area contributed by atoms with E-state index in [0.717, 1.165) is 27.9 Å². The molecule has 0 spiro atoms. The average Bonchev–Trinajstić information content (AvgIpc) is 3.07. The van der Waals surface area contributed by atoms with Crippen molar-refractivity contribution in [2.45, 2.75) is 26.2 Å². The van der Waals surface area contributed by atoms with Crippen LogP contribution in [-0.4, -0.2) is 24.5 Å². The van der Waals surface area contributed by atoms with E-state index in [9.17, 15) is 4.79 Å². The number of hydrogen-bond donors (Lipinski definition) is 1. The summed E-state index contributed by atoms with van der Waals surface area (Å²) in [4.78, 5) is 18.5. The van der Waals surface area contributed by atoms with Gasteiger partial charge in [0.2, 0.25) is 5.91 Å². The number of fused-ring (bicyclic) bond motifs is 1. The van der Waals surface area contributed by atoms with Gasteiger partial charge in [0.1, 0.15) is 5.75 Å². The number of H-pyrrole nitrogens is 1. The lowest BCUT2D eigenvalue weighted by Crippen LogP contribution is -2.43. The first-order valence-corrected chi connectivity index (χ1v) is 8.51. The Morgan fingerprint density at radius 1 is 1.16 bits per heavy atom. The Morgan fingerprint density at radius 3 is 2.52 bits per heavy atom. The number of aromatic nitrogens is 1. The lowest BCUT2D eigenvalue weighted by Gasteiger charge is -2.31. The van der Waals surface area contributed by atoms with E-state index in [1.165, 1.54) is 0 Å². The minimum Gasteiger partial charge on any atom is -0.497 e. The molecule has 1 amide bonds. The number of amides is 1. The summed E-state index contributed by atoms with van der Waals surface area (Å²) in [6, 6.07) is 15.7. The summed E-state index contributed by atoms with van der Waals surface area (Å²) in [6.45, 7) is 6.57. The first kappa shape index (κ1) is 17.1. The van der Waals surface area contributed by atoms with Gasteiger partial charge in [-0.1, -0.05) is 18.2 Å². The molecule has 1 aromatic heterocycles. The van der Waals surface area contributed by atoms with Crippen molar-refractivity contribution in [3.63, 3.8) is 0 Å². The van der Waals surface area contributed by atoms with Gasteiger partial charge in [-0.05, 0) is 56.7 Å². The van der Waals surface area contributed by atoms with Gasteiger partial charge >= 0.3 is 0 Å². The number of hydrogen-bond acceptors (Lipinski definition) is 2. The Bertz CT molecular complexity index is 881. The second-order valence-corrected chi connectivity index (χ2v) is 6.62. The van der Waals surface area contributed by atoms with Gasteiger partial charge in [0.15, 0.2) is 0 Å². The zero-order valence-corrected chi connectivity index (χ0v) is 15.2. The molecule has 4 heteroatoms. The summed E-state index contributed by atoms with van der Waals surface area (Å²) < 4.78 is 5.35. The molecule has 0 fully saturated rings. The molecule has 0 aliphatic carbocycles. The van der Waals surface area contributed by atoms with E-state index in [1.54, 1.807) is 7.11 Å². The summed E-state index contributed by atoms with van der Waals surface area (Å²) in [6.07, 6.45) is 1.93. The average molecular weight is 336 g/mol. The van der Waals surface area contributed by atoms with Crippen LogP contribution < -0.4 is 9.64 Å². The van der Waals surface area contributed by atoms with Gasteiger partial charge < -0.3 is 14.6 Å². The summed E-state index contributed by atoms with van der Waals surface area (Å²) in [5.74, 6) is 0.858. The Labute approximate surface area is 148 Å². The Kier molecular flexibility index (Phi) is 4.53. The molecular weight excluding hydrogens is 312 g/mol. The molecule has 0 aliphatic heterocycles. The van der Waals surface area contributed by atoms with E-state index in [1.807, 2.05) is 80.4 Å². The minimum absolute atomic E-state index is 0.0740. The Morgan fingerprint density at radius 2 is 1.88 bits per heavy atom. The maximum atomic E-state index is 13.4. The topological polar surface area (TPSA) is 45.3 Å². The first-order valence-electron chi connectivity index (χ1n) is 8.51. The molecule has 130 valence electrons. The van der Waals surface area contributed by atoms with Gasteiger partial charge in [-0.25, -0.2) is 0 Å². The third-order valence-corrected chi connectivity index (χ3v) is 4.73. The predicted octanol–water partition coefficient (Wildman–Crippen LogP) is 4.51. The standard InChI is InChI=1S/C21H24N2O2/c1-5-23(15-9-7-6-8-10-15)20(24)21(2,3)18-14-22-19-12-11-16(25-4)13-17(18)19/h6-14,22H,5H2,1-4H3. The first-order chi connectivity index (χ1) is 12.0. The van der Waals surface area contributed by atoms with Crippen molar-refractivity contribution >= 4 is 22.5 Å². The second-order valence-electron chi connectivity index (χ2n) is 6.62. The monoisotopic (exact) mass is 336 g/mol. The predicted molar refractivity (Wildman–Crippen MR) is 102 cm³/mol. The Balaban J connectivity index is 2.04. The molecule has 0 atom stereocenters. The third-order valence-electron chi connectivity index (χ3n) is 4.73. The van der Waals surface area contributed by atoms with Crippen molar-refractivity contribution in [3.8, 4) is 5.75 Å². The van der Waals surface area contributed by atoms with E-state index in [-0.39, 0.29) is 5.91 Å². The fourth-order valence-corrected chi connectivity index (χ4v) is 3.25. The van der Waals surface area contributed by atoms with Crippen LogP contribution in [0.1, 0.15) is 26.3 Å². The largest absolute Gasteiger partial charge is 0.497 e. The highest BCUT2D eigenvalue weighted by molar-refractivity contribution is 6.03. The van der Waals surface area contributed by atoms with E-state index in [4.69, 9.17) is 4.74 Å². The van der Waals surface area contributed by atoms with Crippen LogP contribution >= 0.6 is 0 Å². The van der Waals surface area contributed by atoms with E-state index in [0.29, 0.717) is 6.54 Å². The number of nitrogens with zero attached hydrogens (tertiary/aromatic N) is 1.